The van der Waals surface area contributed by atoms with Crippen molar-refractivity contribution >= 4 is 22.9 Å². The Morgan fingerprint density at radius 2 is 1.61 bits per heavy atom. The van der Waals surface area contributed by atoms with Gasteiger partial charge in [0.1, 0.15) is 5.82 Å². The molecule has 3 aliphatic heterocycles. The van der Waals surface area contributed by atoms with E-state index in [4.69, 9.17) is 0 Å². The minimum atomic E-state index is -5.77. The van der Waals surface area contributed by atoms with E-state index in [1.165, 1.54) is 16.8 Å². The Labute approximate surface area is 226 Å². The van der Waals surface area contributed by atoms with Crippen LogP contribution in [0.25, 0.3) is 0 Å². The van der Waals surface area contributed by atoms with Crippen molar-refractivity contribution in [1.82, 2.24) is 5.32 Å². The summed E-state index contributed by atoms with van der Waals surface area (Å²) in [7, 11) is 0. The van der Waals surface area contributed by atoms with E-state index in [0.29, 0.717) is 11.8 Å². The number of fused-ring (bicyclic) bond motifs is 2. The second-order valence-electron chi connectivity index (χ2n) is 9.92. The fraction of sp³-hybridized carbons (Fsp3) is 0.462. The molecule has 41 heavy (non-hydrogen) atoms. The summed E-state index contributed by atoms with van der Waals surface area (Å²) in [5.41, 5.74) is 3.34. The zero-order valence-corrected chi connectivity index (χ0v) is 21.0. The molecule has 15 heteroatoms. The molecule has 0 aromatic heterocycles. The molecule has 2 N–H and O–H groups in total. The quantitative estimate of drug-likeness (QED) is 0.345. The van der Waals surface area contributed by atoms with Gasteiger partial charge in [-0.3, -0.25) is 9.59 Å². The van der Waals surface area contributed by atoms with Crippen LogP contribution >= 0.6 is 0 Å². The third-order valence-electron chi connectivity index (χ3n) is 7.22. The molecule has 224 valence electrons. The standard InChI is InChI=1S/C22H23F4N3.C4F6O2/c23-20-5-1-4-19(22(24,25)26)18(20)11-28-15-7-13-3-2-6-29-12-14-9-27-10-17(14)16(8-15)21(13)29;5-3(6,7)1(11)2(12)4(8,9)10/h1,4-5,7-8,14,17,27-28H,2-3,6,9-12H2;/t14-,17-;/m1./s1. The molecule has 0 bridgehead atoms. The molecule has 1 fully saturated rings. The number of Topliss-reactive ketones (excluding diaryl/α,β-unsaturated/α-hetero) is 2. The molecule has 3 aliphatic rings. The molecule has 2 atom stereocenters. The molecule has 0 amide bonds. The van der Waals surface area contributed by atoms with Gasteiger partial charge in [-0.25, -0.2) is 4.39 Å². The lowest BCUT2D eigenvalue weighted by atomic mass is 9.80. The first-order valence-electron chi connectivity index (χ1n) is 12.4. The highest BCUT2D eigenvalue weighted by atomic mass is 19.4. The first kappa shape index (κ1) is 30.6. The van der Waals surface area contributed by atoms with E-state index in [1.807, 2.05) is 6.07 Å². The number of halogens is 10. The topological polar surface area (TPSA) is 61.4 Å². The largest absolute Gasteiger partial charge is 0.458 e. The summed E-state index contributed by atoms with van der Waals surface area (Å²) in [5.74, 6) is -6.66. The van der Waals surface area contributed by atoms with Crippen LogP contribution < -0.4 is 15.5 Å². The van der Waals surface area contributed by atoms with Crippen molar-refractivity contribution in [3.05, 3.63) is 58.4 Å². The molecule has 0 spiro atoms. The molecule has 0 aliphatic carbocycles. The normalized spacial score (nSPS) is 20.0. The maximum absolute atomic E-state index is 14.2. The molecule has 5 rings (SSSR count). The SMILES string of the molecule is Fc1cccc(C(F)(F)F)c1CNc1cc2c3c(c1)[C@@H]1CNC[C@@H]1CN3CCC2.O=C(C(=O)C(F)(F)F)C(F)(F)F. The third kappa shape index (κ3) is 6.60. The highest BCUT2D eigenvalue weighted by molar-refractivity contribution is 6.41. The molecule has 5 nitrogen and oxygen atoms in total. The number of rotatable bonds is 4. The number of hydrogen-bond acceptors (Lipinski definition) is 5. The van der Waals surface area contributed by atoms with Gasteiger partial charge >= 0.3 is 30.1 Å². The number of alkyl halides is 9. The zero-order chi connectivity index (χ0) is 30.3. The lowest BCUT2D eigenvalue weighted by molar-refractivity contribution is -0.193. The van der Waals surface area contributed by atoms with E-state index in [2.05, 4.69) is 21.6 Å². The summed E-state index contributed by atoms with van der Waals surface area (Å²) < 4.78 is 121. The monoisotopic (exact) mass is 599 g/mol. The van der Waals surface area contributed by atoms with Crippen LogP contribution in [0.1, 0.15) is 34.6 Å². The number of hydrogen-bond donors (Lipinski definition) is 2. The lowest BCUT2D eigenvalue weighted by Crippen LogP contribution is -2.41. The Bertz CT molecular complexity index is 1300. The Kier molecular flexibility index (Phi) is 8.31. The van der Waals surface area contributed by atoms with Crippen molar-refractivity contribution in [2.24, 2.45) is 5.92 Å². The van der Waals surface area contributed by atoms with Crippen LogP contribution in [0.4, 0.5) is 55.3 Å². The van der Waals surface area contributed by atoms with E-state index in [0.717, 1.165) is 62.9 Å². The molecule has 0 saturated carbocycles. The van der Waals surface area contributed by atoms with Crippen LogP contribution in [0.15, 0.2) is 30.3 Å². The van der Waals surface area contributed by atoms with Crippen molar-refractivity contribution in [1.29, 1.82) is 0 Å². The molecule has 2 aromatic carbocycles. The second kappa shape index (κ2) is 11.1. The number of aryl methyl sites for hydroxylation is 1. The van der Waals surface area contributed by atoms with Gasteiger partial charge < -0.3 is 15.5 Å². The van der Waals surface area contributed by atoms with E-state index >= 15 is 0 Å². The predicted octanol–water partition coefficient (Wildman–Crippen LogP) is 5.78. The Morgan fingerprint density at radius 1 is 0.951 bits per heavy atom. The summed E-state index contributed by atoms with van der Waals surface area (Å²) in [6, 6.07) is 7.21. The molecular formula is C26H23F10N3O2. The van der Waals surface area contributed by atoms with Gasteiger partial charge in [0.25, 0.3) is 0 Å². The van der Waals surface area contributed by atoms with Crippen LogP contribution in [0, 0.1) is 11.7 Å². The van der Waals surface area contributed by atoms with Gasteiger partial charge in [-0.2, -0.15) is 39.5 Å². The van der Waals surface area contributed by atoms with E-state index in [-0.39, 0.29) is 12.1 Å². The summed E-state index contributed by atoms with van der Waals surface area (Å²) in [6.45, 7) is 3.85. The summed E-state index contributed by atoms with van der Waals surface area (Å²) in [4.78, 5) is 21.7. The highest BCUT2D eigenvalue weighted by Gasteiger charge is 2.54. The lowest BCUT2D eigenvalue weighted by Gasteiger charge is -2.42. The van der Waals surface area contributed by atoms with Gasteiger partial charge in [-0.1, -0.05) is 6.07 Å². The molecule has 0 unspecified atom stereocenters. The van der Waals surface area contributed by atoms with Crippen LogP contribution in [-0.4, -0.2) is 50.1 Å². The van der Waals surface area contributed by atoms with E-state index in [1.54, 1.807) is 0 Å². The number of nitrogens with zero attached hydrogens (tertiary/aromatic N) is 1. The predicted molar refractivity (Wildman–Crippen MR) is 127 cm³/mol. The molecule has 0 radical (unpaired) electrons. The van der Waals surface area contributed by atoms with Crippen LogP contribution in [-0.2, 0) is 28.7 Å². The van der Waals surface area contributed by atoms with E-state index in [9.17, 15) is 53.5 Å². The summed E-state index contributed by atoms with van der Waals surface area (Å²) >= 11 is 0. The first-order chi connectivity index (χ1) is 19.0. The Hall–Kier alpha value is -3.36. The maximum Gasteiger partial charge on any atom is 0.458 e. The average molecular weight is 599 g/mol. The smallest absolute Gasteiger partial charge is 0.381 e. The zero-order valence-electron chi connectivity index (χ0n) is 21.0. The first-order valence-corrected chi connectivity index (χ1v) is 12.4. The minimum Gasteiger partial charge on any atom is -0.381 e. The van der Waals surface area contributed by atoms with Crippen molar-refractivity contribution in [3.63, 3.8) is 0 Å². The highest BCUT2D eigenvalue weighted by Crippen LogP contribution is 2.46. The Morgan fingerprint density at radius 3 is 2.22 bits per heavy atom. The Balaban J connectivity index is 0.000000275. The van der Waals surface area contributed by atoms with Gasteiger partial charge in [-0.05, 0) is 54.2 Å². The third-order valence-corrected chi connectivity index (χ3v) is 7.22. The number of anilines is 2. The average Bonchev–Trinajstić information content (AvgIpc) is 3.34. The van der Waals surface area contributed by atoms with Crippen molar-refractivity contribution in [3.8, 4) is 0 Å². The van der Waals surface area contributed by atoms with Gasteiger partial charge in [0.15, 0.2) is 0 Å². The fourth-order valence-corrected chi connectivity index (χ4v) is 5.46. The van der Waals surface area contributed by atoms with Crippen molar-refractivity contribution in [2.75, 3.05) is 36.4 Å². The van der Waals surface area contributed by atoms with Gasteiger partial charge in [0.05, 0.1) is 5.56 Å². The number of carbonyl (C=O) groups excluding carboxylic acids is 2. The summed E-state index contributed by atoms with van der Waals surface area (Å²) in [6.07, 6.45) is -14.1. The molecule has 2 aromatic rings. The number of benzene rings is 2. The fourth-order valence-electron chi connectivity index (χ4n) is 5.46. The number of nitrogens with one attached hydrogen (secondary N) is 2. The van der Waals surface area contributed by atoms with E-state index < -0.39 is 41.5 Å². The summed E-state index contributed by atoms with van der Waals surface area (Å²) in [5, 5.41) is 6.56. The van der Waals surface area contributed by atoms with Crippen LogP contribution in [0.3, 0.4) is 0 Å². The second-order valence-corrected chi connectivity index (χ2v) is 9.92. The van der Waals surface area contributed by atoms with Crippen molar-refractivity contribution in [2.45, 2.75) is 43.8 Å². The van der Waals surface area contributed by atoms with Gasteiger partial charge in [0.2, 0.25) is 0 Å². The van der Waals surface area contributed by atoms with Gasteiger partial charge in [0, 0.05) is 55.6 Å². The minimum absolute atomic E-state index is 0.199. The molecule has 1 saturated heterocycles. The molecule has 3 heterocycles. The van der Waals surface area contributed by atoms with Crippen LogP contribution in [0.5, 0.6) is 0 Å². The maximum atomic E-state index is 14.2. The van der Waals surface area contributed by atoms with Gasteiger partial charge in [-0.15, -0.1) is 0 Å². The van der Waals surface area contributed by atoms with Crippen molar-refractivity contribution < 1.29 is 53.5 Å². The molecular weight excluding hydrogens is 576 g/mol. The van der Waals surface area contributed by atoms with Crippen LogP contribution in [0.2, 0.25) is 0 Å². The number of carbonyl (C=O) groups is 2. The number of ketones is 2.